The van der Waals surface area contributed by atoms with Gasteiger partial charge in [0.25, 0.3) is 0 Å². The summed E-state index contributed by atoms with van der Waals surface area (Å²) >= 11 is 0. The molecule has 1 heterocycles. The molecule has 1 saturated heterocycles. The number of rotatable bonds is 4. The zero-order valence-corrected chi connectivity index (χ0v) is 11.8. The molecule has 4 nitrogen and oxygen atoms in total. The summed E-state index contributed by atoms with van der Waals surface area (Å²) < 4.78 is 24.7. The molecular formula is C13H20NO3P. The first-order valence-electron chi connectivity index (χ1n) is 6.25. The summed E-state index contributed by atoms with van der Waals surface area (Å²) in [5, 5.41) is 0. The largest absolute Gasteiger partial charge is 0.408 e. The molecule has 0 N–H and O–H groups in total. The molecule has 0 aromatic heterocycles. The third-order valence-electron chi connectivity index (χ3n) is 3.43. The molecule has 2 rings (SSSR count). The number of piperidine rings is 1. The Bertz CT molecular complexity index is 416. The molecule has 1 aliphatic rings. The average Bonchev–Trinajstić information content (AvgIpc) is 2.47. The summed E-state index contributed by atoms with van der Waals surface area (Å²) in [5.41, 5.74) is 1.17. The second-order valence-corrected chi connectivity index (χ2v) is 6.60. The molecule has 0 bridgehead atoms. The van der Waals surface area contributed by atoms with Crippen LogP contribution in [0.3, 0.4) is 0 Å². The molecule has 1 atom stereocenters. The van der Waals surface area contributed by atoms with E-state index in [9.17, 15) is 4.57 Å². The highest BCUT2D eigenvalue weighted by atomic mass is 31.2. The van der Waals surface area contributed by atoms with Gasteiger partial charge in [-0.15, -0.1) is 0 Å². The molecule has 0 aliphatic carbocycles. The minimum absolute atomic E-state index is 0.116. The first-order chi connectivity index (χ1) is 8.71. The van der Waals surface area contributed by atoms with Crippen molar-refractivity contribution in [3.63, 3.8) is 0 Å². The summed E-state index contributed by atoms with van der Waals surface area (Å²) in [4.78, 5) is 0. The van der Waals surface area contributed by atoms with Crippen LogP contribution in [0.25, 0.3) is 0 Å². The van der Waals surface area contributed by atoms with Crippen LogP contribution in [0.5, 0.6) is 0 Å². The molecule has 1 unspecified atom stereocenters. The van der Waals surface area contributed by atoms with Gasteiger partial charge in [0.1, 0.15) is 0 Å². The summed E-state index contributed by atoms with van der Waals surface area (Å²) in [6.45, 7) is 0.749. The molecule has 1 fully saturated rings. The monoisotopic (exact) mass is 269 g/mol. The Morgan fingerprint density at radius 3 is 2.44 bits per heavy atom. The predicted molar refractivity (Wildman–Crippen MR) is 71.4 cm³/mol. The van der Waals surface area contributed by atoms with Crippen LogP contribution >= 0.6 is 7.75 Å². The maximum Gasteiger partial charge on any atom is 0.408 e. The SMILES string of the molecule is COP(=O)(OC)N1CCCCC1c1ccccc1. The standard InChI is InChI=1S/C13H20NO3P/c1-16-18(15,17-2)14-11-7-6-10-13(14)12-8-4-3-5-9-12/h3-5,8-9,13H,6-7,10-11H2,1-2H3. The third kappa shape index (κ3) is 2.67. The van der Waals surface area contributed by atoms with Crippen LogP contribution in [-0.4, -0.2) is 25.4 Å². The third-order valence-corrected chi connectivity index (χ3v) is 5.47. The average molecular weight is 269 g/mol. The fourth-order valence-electron chi connectivity index (χ4n) is 2.51. The Balaban J connectivity index is 2.29. The van der Waals surface area contributed by atoms with E-state index in [0.29, 0.717) is 0 Å². The van der Waals surface area contributed by atoms with Crippen molar-refractivity contribution in [1.82, 2.24) is 4.67 Å². The van der Waals surface area contributed by atoms with E-state index in [1.165, 1.54) is 19.8 Å². The maximum atomic E-state index is 12.6. The van der Waals surface area contributed by atoms with Crippen LogP contribution in [0.15, 0.2) is 30.3 Å². The van der Waals surface area contributed by atoms with Crippen molar-refractivity contribution >= 4 is 7.75 Å². The summed E-state index contributed by atoms with van der Waals surface area (Å²) in [6.07, 6.45) is 3.16. The van der Waals surface area contributed by atoms with Gasteiger partial charge in [0.15, 0.2) is 0 Å². The van der Waals surface area contributed by atoms with Gasteiger partial charge in [-0.1, -0.05) is 36.8 Å². The molecule has 0 spiro atoms. The van der Waals surface area contributed by atoms with E-state index in [-0.39, 0.29) is 6.04 Å². The second-order valence-electron chi connectivity index (χ2n) is 4.42. The highest BCUT2D eigenvalue weighted by molar-refractivity contribution is 7.51. The van der Waals surface area contributed by atoms with Crippen LogP contribution in [0.4, 0.5) is 0 Å². The lowest BCUT2D eigenvalue weighted by Gasteiger charge is -2.38. The highest BCUT2D eigenvalue weighted by Crippen LogP contribution is 2.56. The Labute approximate surface area is 108 Å². The van der Waals surface area contributed by atoms with E-state index in [4.69, 9.17) is 9.05 Å². The van der Waals surface area contributed by atoms with Gasteiger partial charge < -0.3 is 0 Å². The van der Waals surface area contributed by atoms with E-state index in [2.05, 4.69) is 12.1 Å². The first kappa shape index (κ1) is 13.8. The molecule has 0 radical (unpaired) electrons. The van der Waals surface area contributed by atoms with Crippen molar-refractivity contribution in [2.75, 3.05) is 20.8 Å². The molecule has 5 heteroatoms. The zero-order valence-electron chi connectivity index (χ0n) is 10.9. The minimum atomic E-state index is -3.14. The molecule has 1 aromatic rings. The quantitative estimate of drug-likeness (QED) is 0.783. The van der Waals surface area contributed by atoms with Gasteiger partial charge in [0.05, 0.1) is 0 Å². The van der Waals surface area contributed by atoms with Gasteiger partial charge in [-0.05, 0) is 18.4 Å². The van der Waals surface area contributed by atoms with Gasteiger partial charge in [0, 0.05) is 26.8 Å². The molecule has 100 valence electrons. The van der Waals surface area contributed by atoms with E-state index in [0.717, 1.165) is 25.8 Å². The number of nitrogens with zero attached hydrogens (tertiary/aromatic N) is 1. The van der Waals surface area contributed by atoms with E-state index < -0.39 is 7.75 Å². The lowest BCUT2D eigenvalue weighted by Crippen LogP contribution is -2.31. The van der Waals surface area contributed by atoms with Crippen molar-refractivity contribution < 1.29 is 13.6 Å². The van der Waals surface area contributed by atoms with Crippen LogP contribution < -0.4 is 0 Å². The lowest BCUT2D eigenvalue weighted by molar-refractivity contribution is 0.156. The summed E-state index contributed by atoms with van der Waals surface area (Å²) in [7, 11) is -0.254. The van der Waals surface area contributed by atoms with E-state index in [1.54, 1.807) is 0 Å². The lowest BCUT2D eigenvalue weighted by atomic mass is 9.98. The van der Waals surface area contributed by atoms with E-state index in [1.807, 2.05) is 22.9 Å². The molecule has 1 aromatic carbocycles. The zero-order chi connectivity index (χ0) is 13.0. The van der Waals surface area contributed by atoms with E-state index >= 15 is 0 Å². The van der Waals surface area contributed by atoms with Crippen LogP contribution in [0, 0.1) is 0 Å². The molecule has 18 heavy (non-hydrogen) atoms. The van der Waals surface area contributed by atoms with Crippen LogP contribution in [0.2, 0.25) is 0 Å². The normalized spacial score (nSPS) is 22.0. The van der Waals surface area contributed by atoms with Crippen LogP contribution in [0.1, 0.15) is 30.9 Å². The topological polar surface area (TPSA) is 38.8 Å². The summed E-state index contributed by atoms with van der Waals surface area (Å²) in [6, 6.07) is 10.3. The minimum Gasteiger partial charge on any atom is -0.300 e. The Morgan fingerprint density at radius 1 is 1.17 bits per heavy atom. The highest BCUT2D eigenvalue weighted by Gasteiger charge is 2.38. The summed E-state index contributed by atoms with van der Waals surface area (Å²) in [5.74, 6) is 0. The number of hydrogen-bond donors (Lipinski definition) is 0. The fraction of sp³-hybridized carbons (Fsp3) is 0.538. The molecule has 0 amide bonds. The maximum absolute atomic E-state index is 12.6. The second kappa shape index (κ2) is 5.98. The van der Waals surface area contributed by atoms with Crippen molar-refractivity contribution in [3.05, 3.63) is 35.9 Å². The molecule has 0 saturated carbocycles. The Hall–Kier alpha value is -0.670. The molecular weight excluding hydrogens is 249 g/mol. The van der Waals surface area contributed by atoms with Gasteiger partial charge in [0.2, 0.25) is 0 Å². The Kier molecular flexibility index (Phi) is 4.57. The van der Waals surface area contributed by atoms with Gasteiger partial charge in [-0.3, -0.25) is 9.05 Å². The van der Waals surface area contributed by atoms with Gasteiger partial charge in [-0.25, -0.2) is 9.24 Å². The smallest absolute Gasteiger partial charge is 0.300 e. The predicted octanol–water partition coefficient (Wildman–Crippen LogP) is 3.61. The Morgan fingerprint density at radius 2 is 1.83 bits per heavy atom. The van der Waals surface area contributed by atoms with Crippen molar-refractivity contribution in [2.45, 2.75) is 25.3 Å². The number of hydrogen-bond acceptors (Lipinski definition) is 3. The van der Waals surface area contributed by atoms with Gasteiger partial charge >= 0.3 is 7.75 Å². The van der Waals surface area contributed by atoms with Crippen molar-refractivity contribution in [2.24, 2.45) is 0 Å². The van der Waals surface area contributed by atoms with Gasteiger partial charge in [-0.2, -0.15) is 0 Å². The molecule has 1 aliphatic heterocycles. The first-order valence-corrected chi connectivity index (χ1v) is 7.74. The van der Waals surface area contributed by atoms with Crippen LogP contribution in [-0.2, 0) is 13.6 Å². The van der Waals surface area contributed by atoms with Crippen molar-refractivity contribution in [3.8, 4) is 0 Å². The number of benzene rings is 1. The van der Waals surface area contributed by atoms with Crippen molar-refractivity contribution in [1.29, 1.82) is 0 Å². The fourth-order valence-corrected chi connectivity index (χ4v) is 4.05.